The molecule has 1 aromatic rings. The van der Waals surface area contributed by atoms with E-state index < -0.39 is 0 Å². The van der Waals surface area contributed by atoms with Crippen molar-refractivity contribution in [3.8, 4) is 0 Å². The fourth-order valence-corrected chi connectivity index (χ4v) is 1.74. The molecule has 0 radical (unpaired) electrons. The lowest BCUT2D eigenvalue weighted by molar-refractivity contribution is -0.120. The molecule has 1 aromatic carbocycles. The topological polar surface area (TPSA) is 58.2 Å². The third-order valence-electron chi connectivity index (χ3n) is 2.20. The van der Waals surface area contributed by atoms with Crippen molar-refractivity contribution in [2.75, 3.05) is 13.1 Å². The van der Waals surface area contributed by atoms with Crippen LogP contribution < -0.4 is 10.6 Å². The van der Waals surface area contributed by atoms with Gasteiger partial charge in [0.1, 0.15) is 0 Å². The number of benzene rings is 1. The summed E-state index contributed by atoms with van der Waals surface area (Å²) in [6.07, 6.45) is 2.43. The number of carbonyl (C=O) groups excluding carboxylic acids is 2. The zero-order valence-corrected chi connectivity index (χ0v) is 11.5. The van der Waals surface area contributed by atoms with Crippen molar-refractivity contribution in [3.05, 3.63) is 47.0 Å². The summed E-state index contributed by atoms with van der Waals surface area (Å²) in [6.45, 7) is 4.06. The van der Waals surface area contributed by atoms with Crippen molar-refractivity contribution < 1.29 is 9.59 Å². The molecule has 2 amide bonds. The summed E-state index contributed by atoms with van der Waals surface area (Å²) in [6, 6.07) is 7.06. The summed E-state index contributed by atoms with van der Waals surface area (Å²) in [5, 5.41) is 5.23. The second-order valence-corrected chi connectivity index (χ2v) is 4.44. The van der Waals surface area contributed by atoms with Crippen LogP contribution >= 0.6 is 15.9 Å². The predicted molar refractivity (Wildman–Crippen MR) is 74.3 cm³/mol. The number of nitrogens with one attached hydrogen (secondary N) is 2. The van der Waals surface area contributed by atoms with Crippen molar-refractivity contribution >= 4 is 27.7 Å². The number of rotatable bonds is 6. The highest BCUT2D eigenvalue weighted by Gasteiger charge is 2.10. The van der Waals surface area contributed by atoms with E-state index in [4.69, 9.17) is 0 Å². The largest absolute Gasteiger partial charge is 0.354 e. The first-order valence-electron chi connectivity index (χ1n) is 5.55. The van der Waals surface area contributed by atoms with Crippen LogP contribution in [0.3, 0.4) is 0 Å². The van der Waals surface area contributed by atoms with Gasteiger partial charge in [0.05, 0.1) is 12.1 Å². The van der Waals surface area contributed by atoms with E-state index >= 15 is 0 Å². The van der Waals surface area contributed by atoms with E-state index in [-0.39, 0.29) is 18.4 Å². The molecule has 0 bridgehead atoms. The van der Waals surface area contributed by atoms with E-state index in [0.29, 0.717) is 23.0 Å². The third-order valence-corrected chi connectivity index (χ3v) is 2.89. The Morgan fingerprint density at radius 1 is 1.28 bits per heavy atom. The Balaban J connectivity index is 2.40. The first-order valence-corrected chi connectivity index (χ1v) is 6.34. The molecular weight excluding hydrogens is 296 g/mol. The average molecular weight is 311 g/mol. The third kappa shape index (κ3) is 4.71. The zero-order valence-electron chi connectivity index (χ0n) is 9.91. The molecule has 1 rings (SSSR count). The number of halogens is 1. The van der Waals surface area contributed by atoms with Gasteiger partial charge in [0.2, 0.25) is 5.91 Å². The quantitative estimate of drug-likeness (QED) is 0.622. The molecule has 0 saturated carbocycles. The summed E-state index contributed by atoms with van der Waals surface area (Å²) in [5.74, 6) is -0.487. The Bertz CT molecular complexity index is 446. The van der Waals surface area contributed by atoms with E-state index in [1.54, 1.807) is 24.3 Å². The minimum Gasteiger partial charge on any atom is -0.354 e. The van der Waals surface area contributed by atoms with Crippen LogP contribution in [0.5, 0.6) is 0 Å². The summed E-state index contributed by atoms with van der Waals surface area (Å²) in [7, 11) is 0. The number of hydrogen-bond acceptors (Lipinski definition) is 2. The van der Waals surface area contributed by atoms with E-state index in [2.05, 4.69) is 33.1 Å². The van der Waals surface area contributed by atoms with Crippen LogP contribution in [0, 0.1) is 0 Å². The van der Waals surface area contributed by atoms with Gasteiger partial charge in [-0.2, -0.15) is 0 Å². The van der Waals surface area contributed by atoms with Crippen molar-refractivity contribution in [1.82, 2.24) is 10.6 Å². The lowest BCUT2D eigenvalue weighted by Crippen LogP contribution is -2.37. The number of amides is 2. The highest BCUT2D eigenvalue weighted by molar-refractivity contribution is 9.10. The van der Waals surface area contributed by atoms with Crippen molar-refractivity contribution in [1.29, 1.82) is 0 Å². The molecule has 4 nitrogen and oxygen atoms in total. The first-order chi connectivity index (χ1) is 8.65. The highest BCUT2D eigenvalue weighted by atomic mass is 79.9. The molecule has 0 aromatic heterocycles. The molecule has 5 heteroatoms. The van der Waals surface area contributed by atoms with Gasteiger partial charge in [0.25, 0.3) is 5.91 Å². The molecule has 0 heterocycles. The van der Waals surface area contributed by atoms with Crippen LogP contribution in [0.25, 0.3) is 0 Å². The lowest BCUT2D eigenvalue weighted by atomic mass is 10.2. The van der Waals surface area contributed by atoms with Crippen LogP contribution in [0.2, 0.25) is 0 Å². The van der Waals surface area contributed by atoms with Crippen LogP contribution in [-0.4, -0.2) is 24.9 Å². The van der Waals surface area contributed by atoms with Crippen LogP contribution in [0.15, 0.2) is 41.4 Å². The van der Waals surface area contributed by atoms with E-state index in [0.717, 1.165) is 0 Å². The number of hydrogen-bond donors (Lipinski definition) is 2. The Morgan fingerprint density at radius 2 is 2.00 bits per heavy atom. The Morgan fingerprint density at radius 3 is 2.67 bits per heavy atom. The maximum Gasteiger partial charge on any atom is 0.252 e. The minimum atomic E-state index is -0.277. The van der Waals surface area contributed by atoms with Gasteiger partial charge in [-0.25, -0.2) is 0 Å². The van der Waals surface area contributed by atoms with Crippen molar-refractivity contribution in [3.63, 3.8) is 0 Å². The fourth-order valence-electron chi connectivity index (χ4n) is 1.28. The van der Waals surface area contributed by atoms with Crippen LogP contribution in [-0.2, 0) is 4.79 Å². The molecule has 0 aliphatic carbocycles. The molecule has 0 spiro atoms. The summed E-state index contributed by atoms with van der Waals surface area (Å²) >= 11 is 3.28. The smallest absolute Gasteiger partial charge is 0.252 e. The Kier molecular flexibility index (Phi) is 6.14. The van der Waals surface area contributed by atoms with Gasteiger partial charge in [0.15, 0.2) is 0 Å². The fraction of sp³-hybridized carbons (Fsp3) is 0.231. The molecule has 0 atom stereocenters. The van der Waals surface area contributed by atoms with Gasteiger partial charge in [-0.15, -0.1) is 6.58 Å². The monoisotopic (exact) mass is 310 g/mol. The van der Waals surface area contributed by atoms with Crippen LogP contribution in [0.4, 0.5) is 0 Å². The van der Waals surface area contributed by atoms with E-state index in [1.165, 1.54) is 0 Å². The minimum absolute atomic E-state index is 0.0304. The molecule has 0 aliphatic rings. The lowest BCUT2D eigenvalue weighted by Gasteiger charge is -2.07. The summed E-state index contributed by atoms with van der Waals surface area (Å²) in [4.78, 5) is 23.1. The summed E-state index contributed by atoms with van der Waals surface area (Å²) < 4.78 is 0.703. The summed E-state index contributed by atoms with van der Waals surface area (Å²) in [5.41, 5.74) is 0.511. The molecule has 0 unspecified atom stereocenters. The highest BCUT2D eigenvalue weighted by Crippen LogP contribution is 2.15. The van der Waals surface area contributed by atoms with Gasteiger partial charge >= 0.3 is 0 Å². The van der Waals surface area contributed by atoms with Gasteiger partial charge in [-0.1, -0.05) is 18.2 Å². The normalized spacial score (nSPS) is 9.61. The molecule has 0 saturated heterocycles. The molecule has 18 heavy (non-hydrogen) atoms. The second-order valence-electron chi connectivity index (χ2n) is 3.59. The maximum atomic E-state index is 11.8. The molecule has 96 valence electrons. The van der Waals surface area contributed by atoms with Crippen LogP contribution in [0.1, 0.15) is 16.8 Å². The predicted octanol–water partition coefficient (Wildman–Crippen LogP) is 1.87. The molecule has 2 N–H and O–H groups in total. The Labute approximate surface area is 115 Å². The van der Waals surface area contributed by atoms with Gasteiger partial charge in [-0.3, -0.25) is 9.59 Å². The van der Waals surface area contributed by atoms with Gasteiger partial charge in [-0.05, 0) is 34.5 Å². The van der Waals surface area contributed by atoms with E-state index in [9.17, 15) is 9.59 Å². The van der Waals surface area contributed by atoms with Crippen molar-refractivity contribution in [2.45, 2.75) is 6.42 Å². The SMILES string of the molecule is C=CCCNC(=O)CNC(=O)c1ccccc1Br. The first kappa shape index (κ1) is 14.4. The standard InChI is InChI=1S/C13H15BrN2O2/c1-2-3-8-15-12(17)9-16-13(18)10-6-4-5-7-11(10)14/h2,4-7H,1,3,8-9H2,(H,15,17)(H,16,18). The molecule has 0 fully saturated rings. The average Bonchev–Trinajstić information content (AvgIpc) is 2.37. The zero-order chi connectivity index (χ0) is 13.4. The second kappa shape index (κ2) is 7.66. The van der Waals surface area contributed by atoms with Gasteiger partial charge in [0, 0.05) is 11.0 Å². The Hall–Kier alpha value is -1.62. The van der Waals surface area contributed by atoms with E-state index in [1.807, 2.05) is 6.07 Å². The number of carbonyl (C=O) groups is 2. The molecular formula is C13H15BrN2O2. The van der Waals surface area contributed by atoms with Crippen molar-refractivity contribution in [2.24, 2.45) is 0 Å². The van der Waals surface area contributed by atoms with Gasteiger partial charge < -0.3 is 10.6 Å². The maximum absolute atomic E-state index is 11.8. The molecule has 0 aliphatic heterocycles.